The summed E-state index contributed by atoms with van der Waals surface area (Å²) < 4.78 is 1.78. The molecule has 4 heteroatoms. The first-order valence-corrected chi connectivity index (χ1v) is 5.08. The summed E-state index contributed by atoms with van der Waals surface area (Å²) in [6.07, 6.45) is 5.46. The molecule has 0 aliphatic rings. The Bertz CT molecular complexity index is 260. The molecule has 0 spiro atoms. The van der Waals surface area contributed by atoms with Gasteiger partial charge in [0.05, 0.1) is 12.3 Å². The lowest BCUT2D eigenvalue weighted by Gasteiger charge is -2.09. The zero-order chi connectivity index (χ0) is 10.4. The molecule has 1 heterocycles. The van der Waals surface area contributed by atoms with Gasteiger partial charge < -0.3 is 10.4 Å². The maximum Gasteiger partial charge on any atom is 0.0664 e. The number of nitrogens with zero attached hydrogens (tertiary/aromatic N) is 2. The zero-order valence-corrected chi connectivity index (χ0v) is 8.90. The smallest absolute Gasteiger partial charge is 0.0664 e. The van der Waals surface area contributed by atoms with Crippen molar-refractivity contribution in [2.75, 3.05) is 6.54 Å². The van der Waals surface area contributed by atoms with Crippen LogP contribution in [0.4, 0.5) is 0 Å². The molecule has 1 aromatic heterocycles. The van der Waals surface area contributed by atoms with Crippen molar-refractivity contribution in [2.45, 2.75) is 32.4 Å². The lowest BCUT2D eigenvalue weighted by Crippen LogP contribution is -2.26. The van der Waals surface area contributed by atoms with Crippen molar-refractivity contribution in [1.82, 2.24) is 15.1 Å². The Morgan fingerprint density at radius 3 is 3.00 bits per heavy atom. The van der Waals surface area contributed by atoms with Gasteiger partial charge in [0.25, 0.3) is 0 Å². The highest BCUT2D eigenvalue weighted by Crippen LogP contribution is 1.97. The first-order valence-electron chi connectivity index (χ1n) is 5.08. The molecule has 1 atom stereocenters. The van der Waals surface area contributed by atoms with E-state index < -0.39 is 0 Å². The Morgan fingerprint density at radius 2 is 2.43 bits per heavy atom. The lowest BCUT2D eigenvalue weighted by atomic mass is 10.2. The van der Waals surface area contributed by atoms with Crippen molar-refractivity contribution in [2.24, 2.45) is 7.05 Å². The van der Waals surface area contributed by atoms with Crippen LogP contribution < -0.4 is 5.32 Å². The van der Waals surface area contributed by atoms with Gasteiger partial charge >= 0.3 is 0 Å². The van der Waals surface area contributed by atoms with Crippen LogP contribution in [0.3, 0.4) is 0 Å². The number of aliphatic hydroxyl groups excluding tert-OH is 1. The average molecular weight is 197 g/mol. The van der Waals surface area contributed by atoms with Crippen LogP contribution in [0.25, 0.3) is 0 Å². The number of nitrogens with one attached hydrogen (secondary N) is 1. The topological polar surface area (TPSA) is 50.1 Å². The first-order chi connectivity index (χ1) is 6.72. The average Bonchev–Trinajstić information content (AvgIpc) is 2.52. The van der Waals surface area contributed by atoms with Crippen molar-refractivity contribution >= 4 is 0 Å². The number of aryl methyl sites for hydroxylation is 1. The minimum atomic E-state index is -0.225. The van der Waals surface area contributed by atoms with Gasteiger partial charge in [0, 0.05) is 31.9 Å². The molecule has 4 nitrogen and oxygen atoms in total. The molecule has 1 aromatic rings. The number of rotatable bonds is 6. The summed E-state index contributed by atoms with van der Waals surface area (Å²) in [5, 5.41) is 16.7. The van der Waals surface area contributed by atoms with Crippen LogP contribution in [-0.4, -0.2) is 27.5 Å². The highest BCUT2D eigenvalue weighted by Gasteiger charge is 2.01. The minimum absolute atomic E-state index is 0.225. The molecular weight excluding hydrogens is 178 g/mol. The summed E-state index contributed by atoms with van der Waals surface area (Å²) in [4.78, 5) is 0. The SMILES string of the molecule is CCCC(O)CNCc1cnn(C)c1. The van der Waals surface area contributed by atoms with E-state index in [0.717, 1.165) is 24.9 Å². The summed E-state index contributed by atoms with van der Waals surface area (Å²) in [5.74, 6) is 0. The van der Waals surface area contributed by atoms with Crippen LogP contribution in [0.5, 0.6) is 0 Å². The molecule has 0 radical (unpaired) electrons. The molecule has 0 aliphatic heterocycles. The molecule has 2 N–H and O–H groups in total. The highest BCUT2D eigenvalue weighted by molar-refractivity contribution is 5.02. The maximum atomic E-state index is 9.45. The van der Waals surface area contributed by atoms with E-state index in [-0.39, 0.29) is 6.10 Å². The number of hydrogen-bond acceptors (Lipinski definition) is 3. The van der Waals surface area contributed by atoms with Gasteiger partial charge in [-0.15, -0.1) is 0 Å². The van der Waals surface area contributed by atoms with E-state index in [1.165, 1.54) is 0 Å². The van der Waals surface area contributed by atoms with Crippen LogP contribution in [0.1, 0.15) is 25.3 Å². The fourth-order valence-electron chi connectivity index (χ4n) is 1.38. The Morgan fingerprint density at radius 1 is 1.64 bits per heavy atom. The fourth-order valence-corrected chi connectivity index (χ4v) is 1.38. The monoisotopic (exact) mass is 197 g/mol. The Labute approximate surface area is 84.9 Å². The molecule has 0 aromatic carbocycles. The van der Waals surface area contributed by atoms with E-state index in [0.29, 0.717) is 6.54 Å². The van der Waals surface area contributed by atoms with Crippen molar-refractivity contribution < 1.29 is 5.11 Å². The third-order valence-corrected chi connectivity index (χ3v) is 2.09. The van der Waals surface area contributed by atoms with Crippen LogP contribution in [0.2, 0.25) is 0 Å². The predicted molar refractivity (Wildman–Crippen MR) is 55.8 cm³/mol. The van der Waals surface area contributed by atoms with Crippen LogP contribution >= 0.6 is 0 Å². The number of aliphatic hydroxyl groups is 1. The van der Waals surface area contributed by atoms with E-state index in [1.54, 1.807) is 4.68 Å². The quantitative estimate of drug-likeness (QED) is 0.704. The standard InChI is InChI=1S/C10H19N3O/c1-3-4-10(14)7-11-5-9-6-12-13(2)8-9/h6,8,10-11,14H,3-5,7H2,1-2H3. The highest BCUT2D eigenvalue weighted by atomic mass is 16.3. The predicted octanol–water partition coefficient (Wildman–Crippen LogP) is 0.671. The van der Waals surface area contributed by atoms with Crippen molar-refractivity contribution in [3.63, 3.8) is 0 Å². The van der Waals surface area contributed by atoms with Gasteiger partial charge in [-0.05, 0) is 6.42 Å². The molecule has 80 valence electrons. The molecule has 0 aliphatic carbocycles. The number of aromatic nitrogens is 2. The molecule has 0 bridgehead atoms. The summed E-state index contributed by atoms with van der Waals surface area (Å²) in [6, 6.07) is 0. The third kappa shape index (κ3) is 3.89. The Kier molecular flexibility index (Phi) is 4.62. The molecule has 1 rings (SSSR count). The molecular formula is C10H19N3O. The van der Waals surface area contributed by atoms with E-state index in [2.05, 4.69) is 17.3 Å². The van der Waals surface area contributed by atoms with Gasteiger partial charge in [-0.1, -0.05) is 13.3 Å². The van der Waals surface area contributed by atoms with Gasteiger partial charge in [-0.2, -0.15) is 5.10 Å². The second kappa shape index (κ2) is 5.78. The molecule has 0 fully saturated rings. The fraction of sp³-hybridized carbons (Fsp3) is 0.700. The van der Waals surface area contributed by atoms with E-state index >= 15 is 0 Å². The Balaban J connectivity index is 2.15. The summed E-state index contributed by atoms with van der Waals surface area (Å²) in [5.41, 5.74) is 1.15. The first kappa shape index (κ1) is 11.2. The van der Waals surface area contributed by atoms with Crippen LogP contribution in [0, 0.1) is 0 Å². The summed E-state index contributed by atoms with van der Waals surface area (Å²) in [7, 11) is 1.90. The van der Waals surface area contributed by atoms with E-state index in [1.807, 2.05) is 19.4 Å². The molecule has 0 saturated heterocycles. The largest absolute Gasteiger partial charge is 0.392 e. The van der Waals surface area contributed by atoms with Crippen LogP contribution in [0.15, 0.2) is 12.4 Å². The summed E-state index contributed by atoms with van der Waals surface area (Å²) in [6.45, 7) is 3.50. The normalized spacial score (nSPS) is 13.1. The number of hydrogen-bond donors (Lipinski definition) is 2. The van der Waals surface area contributed by atoms with Crippen LogP contribution in [-0.2, 0) is 13.6 Å². The second-order valence-electron chi connectivity index (χ2n) is 3.60. The molecule has 1 unspecified atom stereocenters. The molecule has 14 heavy (non-hydrogen) atoms. The molecule has 0 saturated carbocycles. The maximum absolute atomic E-state index is 9.45. The Hall–Kier alpha value is -0.870. The van der Waals surface area contributed by atoms with Crippen molar-refractivity contribution in [1.29, 1.82) is 0 Å². The minimum Gasteiger partial charge on any atom is -0.392 e. The van der Waals surface area contributed by atoms with Gasteiger partial charge in [0.15, 0.2) is 0 Å². The lowest BCUT2D eigenvalue weighted by molar-refractivity contribution is 0.160. The zero-order valence-electron chi connectivity index (χ0n) is 8.90. The van der Waals surface area contributed by atoms with Crippen molar-refractivity contribution in [3.8, 4) is 0 Å². The van der Waals surface area contributed by atoms with Crippen molar-refractivity contribution in [3.05, 3.63) is 18.0 Å². The third-order valence-electron chi connectivity index (χ3n) is 2.09. The molecule has 0 amide bonds. The second-order valence-corrected chi connectivity index (χ2v) is 3.60. The van der Waals surface area contributed by atoms with E-state index in [9.17, 15) is 5.11 Å². The summed E-state index contributed by atoms with van der Waals surface area (Å²) >= 11 is 0. The van der Waals surface area contributed by atoms with Gasteiger partial charge in [-0.25, -0.2) is 0 Å². The van der Waals surface area contributed by atoms with E-state index in [4.69, 9.17) is 0 Å². The van der Waals surface area contributed by atoms with Gasteiger partial charge in [0.1, 0.15) is 0 Å². The van der Waals surface area contributed by atoms with Gasteiger partial charge in [-0.3, -0.25) is 4.68 Å². The van der Waals surface area contributed by atoms with Gasteiger partial charge in [0.2, 0.25) is 0 Å².